The molecule has 0 aliphatic heterocycles. The number of amidine groups is 1. The highest BCUT2D eigenvalue weighted by Crippen LogP contribution is 2.15. The van der Waals surface area contributed by atoms with Crippen LogP contribution in [-0.2, 0) is 0 Å². The van der Waals surface area contributed by atoms with E-state index in [1.54, 1.807) is 0 Å². The van der Waals surface area contributed by atoms with Gasteiger partial charge in [0.15, 0.2) is 12.4 Å². The van der Waals surface area contributed by atoms with Crippen molar-refractivity contribution >= 4 is 23.1 Å². The standard InChI is InChI=1S/C15H16ClN3/c1-11(2)18-15(12-7-9-17-10-8-12)19-14-5-3-13(16)4-6-14/h3-11H,1-2H3,(H,18,19)/p+1. The number of aromatic amines is 1. The van der Waals surface area contributed by atoms with Gasteiger partial charge in [-0.05, 0) is 38.1 Å². The molecule has 0 radical (unpaired) electrons. The Morgan fingerprint density at radius 2 is 1.74 bits per heavy atom. The highest BCUT2D eigenvalue weighted by Gasteiger charge is 2.06. The summed E-state index contributed by atoms with van der Waals surface area (Å²) >= 11 is 5.89. The van der Waals surface area contributed by atoms with E-state index < -0.39 is 0 Å². The first-order valence-electron chi connectivity index (χ1n) is 6.22. The van der Waals surface area contributed by atoms with Gasteiger partial charge in [0.05, 0.1) is 0 Å². The van der Waals surface area contributed by atoms with Crippen LogP contribution in [0.5, 0.6) is 0 Å². The van der Waals surface area contributed by atoms with Crippen molar-refractivity contribution in [2.75, 3.05) is 5.32 Å². The molecule has 0 bridgehead atoms. The Hall–Kier alpha value is -1.87. The second-order valence-corrected chi connectivity index (χ2v) is 4.93. The molecule has 4 heteroatoms. The number of aromatic nitrogens is 1. The van der Waals surface area contributed by atoms with Gasteiger partial charge in [-0.15, -0.1) is 0 Å². The van der Waals surface area contributed by atoms with E-state index in [1.807, 2.05) is 48.8 Å². The van der Waals surface area contributed by atoms with Gasteiger partial charge in [-0.1, -0.05) is 11.6 Å². The van der Waals surface area contributed by atoms with Gasteiger partial charge in [-0.3, -0.25) is 4.99 Å². The van der Waals surface area contributed by atoms with Crippen LogP contribution in [0.3, 0.4) is 0 Å². The van der Waals surface area contributed by atoms with E-state index in [2.05, 4.69) is 29.1 Å². The van der Waals surface area contributed by atoms with Crippen LogP contribution in [0, 0.1) is 0 Å². The lowest BCUT2D eigenvalue weighted by molar-refractivity contribution is -0.378. The average Bonchev–Trinajstić information content (AvgIpc) is 2.41. The van der Waals surface area contributed by atoms with Crippen molar-refractivity contribution in [3.8, 4) is 0 Å². The highest BCUT2D eigenvalue weighted by molar-refractivity contribution is 6.30. The Labute approximate surface area is 118 Å². The number of anilines is 1. The van der Waals surface area contributed by atoms with E-state index >= 15 is 0 Å². The third-order valence-corrected chi connectivity index (χ3v) is 2.74. The van der Waals surface area contributed by atoms with E-state index in [0.717, 1.165) is 22.1 Å². The molecule has 2 aromatic rings. The van der Waals surface area contributed by atoms with Gasteiger partial charge >= 0.3 is 0 Å². The SMILES string of the molecule is CC(C)N=C(Nc1ccc(Cl)cc1)c1cc[nH+]cc1. The molecule has 1 aromatic carbocycles. The number of nitrogens with one attached hydrogen (secondary N) is 2. The first kappa shape index (κ1) is 13.6. The van der Waals surface area contributed by atoms with Crippen LogP contribution in [-0.4, -0.2) is 11.9 Å². The lowest BCUT2D eigenvalue weighted by Gasteiger charge is -2.11. The van der Waals surface area contributed by atoms with Crippen LogP contribution < -0.4 is 10.3 Å². The number of halogens is 1. The lowest BCUT2D eigenvalue weighted by Crippen LogP contribution is -2.17. The summed E-state index contributed by atoms with van der Waals surface area (Å²) in [4.78, 5) is 7.64. The average molecular weight is 275 g/mol. The van der Waals surface area contributed by atoms with Gasteiger partial charge in [0.2, 0.25) is 0 Å². The Kier molecular flexibility index (Phi) is 4.53. The number of benzene rings is 1. The summed E-state index contributed by atoms with van der Waals surface area (Å²) in [5.41, 5.74) is 2.01. The zero-order valence-electron chi connectivity index (χ0n) is 11.0. The van der Waals surface area contributed by atoms with Crippen molar-refractivity contribution < 1.29 is 4.98 Å². The van der Waals surface area contributed by atoms with Crippen molar-refractivity contribution in [2.45, 2.75) is 19.9 Å². The number of hydrogen-bond donors (Lipinski definition) is 1. The molecule has 0 aliphatic carbocycles. The Balaban J connectivity index is 2.27. The molecule has 98 valence electrons. The maximum absolute atomic E-state index is 5.89. The van der Waals surface area contributed by atoms with E-state index in [1.165, 1.54) is 0 Å². The van der Waals surface area contributed by atoms with Crippen molar-refractivity contribution in [1.82, 2.24) is 0 Å². The lowest BCUT2D eigenvalue weighted by atomic mass is 10.2. The largest absolute Gasteiger partial charge is 0.340 e. The Morgan fingerprint density at radius 3 is 2.32 bits per heavy atom. The first-order chi connectivity index (χ1) is 9.15. The number of aliphatic imine (C=N–C) groups is 1. The normalized spacial score (nSPS) is 11.7. The molecular formula is C15H17ClN3+. The van der Waals surface area contributed by atoms with Gasteiger partial charge in [-0.25, -0.2) is 4.98 Å². The fourth-order valence-corrected chi connectivity index (χ4v) is 1.78. The second-order valence-electron chi connectivity index (χ2n) is 4.49. The minimum absolute atomic E-state index is 0.221. The summed E-state index contributed by atoms with van der Waals surface area (Å²) < 4.78 is 0. The zero-order chi connectivity index (χ0) is 13.7. The minimum Gasteiger partial charge on any atom is -0.340 e. The molecule has 0 atom stereocenters. The number of pyridine rings is 1. The molecule has 0 fully saturated rings. The fourth-order valence-electron chi connectivity index (χ4n) is 1.65. The third-order valence-electron chi connectivity index (χ3n) is 2.49. The molecule has 2 N–H and O–H groups in total. The number of hydrogen-bond acceptors (Lipinski definition) is 1. The summed E-state index contributed by atoms with van der Waals surface area (Å²) in [6.45, 7) is 4.11. The second kappa shape index (κ2) is 6.34. The smallest absolute Gasteiger partial charge is 0.167 e. The van der Waals surface area contributed by atoms with Gasteiger partial charge in [-0.2, -0.15) is 0 Å². The van der Waals surface area contributed by atoms with Crippen LogP contribution in [0.4, 0.5) is 5.69 Å². The van der Waals surface area contributed by atoms with Gasteiger partial charge in [0, 0.05) is 34.4 Å². The summed E-state index contributed by atoms with van der Waals surface area (Å²) in [5, 5.41) is 4.06. The van der Waals surface area contributed by atoms with E-state index in [0.29, 0.717) is 0 Å². The molecule has 1 heterocycles. The van der Waals surface area contributed by atoms with Crippen molar-refractivity contribution in [3.63, 3.8) is 0 Å². The molecule has 0 aliphatic rings. The molecule has 3 nitrogen and oxygen atoms in total. The Morgan fingerprint density at radius 1 is 1.11 bits per heavy atom. The maximum Gasteiger partial charge on any atom is 0.167 e. The molecule has 2 rings (SSSR count). The number of rotatable bonds is 3. The topological polar surface area (TPSA) is 38.5 Å². The first-order valence-corrected chi connectivity index (χ1v) is 6.60. The quantitative estimate of drug-likeness (QED) is 0.676. The molecule has 0 saturated carbocycles. The molecule has 0 saturated heterocycles. The van der Waals surface area contributed by atoms with E-state index in [9.17, 15) is 0 Å². The van der Waals surface area contributed by atoms with Crippen molar-refractivity contribution in [1.29, 1.82) is 0 Å². The van der Waals surface area contributed by atoms with Crippen molar-refractivity contribution in [3.05, 3.63) is 59.4 Å². The predicted octanol–water partition coefficient (Wildman–Crippen LogP) is 3.42. The summed E-state index contributed by atoms with van der Waals surface area (Å²) in [5.74, 6) is 0.853. The maximum atomic E-state index is 5.89. The third kappa shape index (κ3) is 4.07. The molecule has 0 unspecified atom stereocenters. The van der Waals surface area contributed by atoms with Crippen LogP contribution in [0.15, 0.2) is 53.8 Å². The number of nitrogens with zero attached hydrogens (tertiary/aromatic N) is 1. The highest BCUT2D eigenvalue weighted by atomic mass is 35.5. The molecule has 19 heavy (non-hydrogen) atoms. The molecular weight excluding hydrogens is 258 g/mol. The number of H-pyrrole nitrogens is 1. The summed E-state index contributed by atoms with van der Waals surface area (Å²) in [7, 11) is 0. The van der Waals surface area contributed by atoms with Gasteiger partial charge < -0.3 is 5.32 Å². The minimum atomic E-state index is 0.221. The van der Waals surface area contributed by atoms with E-state index in [-0.39, 0.29) is 6.04 Å². The van der Waals surface area contributed by atoms with E-state index in [4.69, 9.17) is 11.6 Å². The van der Waals surface area contributed by atoms with Crippen LogP contribution >= 0.6 is 11.6 Å². The fraction of sp³-hybridized carbons (Fsp3) is 0.200. The van der Waals surface area contributed by atoms with Crippen LogP contribution in [0.2, 0.25) is 5.02 Å². The molecule has 0 amide bonds. The van der Waals surface area contributed by atoms with Crippen LogP contribution in [0.25, 0.3) is 0 Å². The molecule has 0 spiro atoms. The summed E-state index contributed by atoms with van der Waals surface area (Å²) in [6.07, 6.45) is 3.77. The van der Waals surface area contributed by atoms with Crippen molar-refractivity contribution in [2.24, 2.45) is 4.99 Å². The monoisotopic (exact) mass is 274 g/mol. The van der Waals surface area contributed by atoms with Gasteiger partial charge in [0.25, 0.3) is 0 Å². The molecule has 1 aromatic heterocycles. The van der Waals surface area contributed by atoms with Crippen LogP contribution in [0.1, 0.15) is 19.4 Å². The van der Waals surface area contributed by atoms with Gasteiger partial charge in [0.1, 0.15) is 5.84 Å². The Bertz CT molecular complexity index is 547. The zero-order valence-corrected chi connectivity index (χ0v) is 11.8. The predicted molar refractivity (Wildman–Crippen MR) is 79.7 cm³/mol. The summed E-state index contributed by atoms with van der Waals surface area (Å²) in [6, 6.07) is 11.8.